The summed E-state index contributed by atoms with van der Waals surface area (Å²) in [4.78, 5) is 20.6. The Kier molecular flexibility index (Phi) is 7.24. The van der Waals surface area contributed by atoms with Gasteiger partial charge in [-0.05, 0) is 66.9 Å². The van der Waals surface area contributed by atoms with E-state index in [1.54, 1.807) is 37.6 Å². The number of benzene rings is 2. The summed E-state index contributed by atoms with van der Waals surface area (Å²) in [5.74, 6) is 0.0544. The highest BCUT2D eigenvalue weighted by molar-refractivity contribution is 6.34. The van der Waals surface area contributed by atoms with Gasteiger partial charge in [-0.25, -0.2) is 9.78 Å². The summed E-state index contributed by atoms with van der Waals surface area (Å²) in [5, 5.41) is 10.4. The third kappa shape index (κ3) is 5.24. The Hall–Kier alpha value is -3.61. The molecule has 2 heterocycles. The van der Waals surface area contributed by atoms with E-state index in [0.717, 1.165) is 22.4 Å². The fourth-order valence-corrected chi connectivity index (χ4v) is 3.96. The number of carboxylic acids is 1. The van der Waals surface area contributed by atoms with E-state index in [4.69, 9.17) is 32.7 Å². The maximum Gasteiger partial charge on any atom is 0.354 e. The van der Waals surface area contributed by atoms with Crippen LogP contribution < -0.4 is 9.47 Å². The molecule has 0 saturated heterocycles. The lowest BCUT2D eigenvalue weighted by Gasteiger charge is -2.15. The largest absolute Gasteiger partial charge is 0.497 e. The average molecular weight is 509 g/mol. The Morgan fingerprint density at radius 3 is 2.43 bits per heavy atom. The lowest BCUT2D eigenvalue weighted by molar-refractivity contribution is 0.0690. The highest BCUT2D eigenvalue weighted by Gasteiger charge is 2.19. The van der Waals surface area contributed by atoms with E-state index in [1.165, 1.54) is 6.07 Å². The summed E-state index contributed by atoms with van der Waals surface area (Å²) >= 11 is 13.0. The molecular formula is C27H22Cl2N2O4. The van der Waals surface area contributed by atoms with Crippen molar-refractivity contribution in [1.82, 2.24) is 9.97 Å². The van der Waals surface area contributed by atoms with Crippen LogP contribution in [0.4, 0.5) is 0 Å². The number of halogens is 2. The molecule has 0 radical (unpaired) electrons. The van der Waals surface area contributed by atoms with Crippen molar-refractivity contribution < 1.29 is 19.4 Å². The molecule has 0 bridgehead atoms. The molecule has 35 heavy (non-hydrogen) atoms. The van der Waals surface area contributed by atoms with Crippen molar-refractivity contribution in [2.24, 2.45) is 0 Å². The minimum atomic E-state index is -1.14. The lowest BCUT2D eigenvalue weighted by atomic mass is 10.00. The SMILES string of the molecule is COc1ccc(COc2cc(-c3nc(C(=O)O)ccc3-c3ncc(C)c(C)c3Cl)ccc2Cl)cc1. The predicted molar refractivity (Wildman–Crippen MR) is 137 cm³/mol. The summed E-state index contributed by atoms with van der Waals surface area (Å²) in [5.41, 5.74) is 4.84. The number of aromatic carboxylic acids is 1. The van der Waals surface area contributed by atoms with Gasteiger partial charge in [0.2, 0.25) is 0 Å². The maximum absolute atomic E-state index is 11.7. The summed E-state index contributed by atoms with van der Waals surface area (Å²) in [7, 11) is 1.61. The fourth-order valence-electron chi connectivity index (χ4n) is 3.49. The molecule has 0 unspecified atom stereocenters. The van der Waals surface area contributed by atoms with Gasteiger partial charge in [0.05, 0.1) is 28.5 Å². The highest BCUT2D eigenvalue weighted by Crippen LogP contribution is 2.38. The summed E-state index contributed by atoms with van der Waals surface area (Å²) < 4.78 is 11.2. The Bertz CT molecular complexity index is 1410. The van der Waals surface area contributed by atoms with Crippen LogP contribution in [0.1, 0.15) is 27.2 Å². The van der Waals surface area contributed by atoms with E-state index in [2.05, 4.69) is 9.97 Å². The van der Waals surface area contributed by atoms with Crippen LogP contribution in [0, 0.1) is 13.8 Å². The van der Waals surface area contributed by atoms with Crippen molar-refractivity contribution >= 4 is 29.2 Å². The van der Waals surface area contributed by atoms with Gasteiger partial charge in [-0.3, -0.25) is 4.98 Å². The first-order valence-corrected chi connectivity index (χ1v) is 11.5. The molecule has 2 aromatic heterocycles. The molecule has 1 N–H and O–H groups in total. The van der Waals surface area contributed by atoms with Crippen molar-refractivity contribution in [2.75, 3.05) is 7.11 Å². The predicted octanol–water partition coefficient (Wildman–Crippen LogP) is 7.02. The van der Waals surface area contributed by atoms with Gasteiger partial charge in [-0.15, -0.1) is 0 Å². The summed E-state index contributed by atoms with van der Waals surface area (Å²) in [6, 6.07) is 15.8. The number of pyridine rings is 2. The third-order valence-electron chi connectivity index (χ3n) is 5.64. The van der Waals surface area contributed by atoms with E-state index in [1.807, 2.05) is 38.1 Å². The number of ether oxygens (including phenoxy) is 2. The minimum absolute atomic E-state index is 0.0978. The zero-order valence-corrected chi connectivity index (χ0v) is 20.8. The van der Waals surface area contributed by atoms with Crippen LogP contribution in [-0.2, 0) is 6.61 Å². The number of hydrogen-bond donors (Lipinski definition) is 1. The van der Waals surface area contributed by atoms with Gasteiger partial charge in [0.25, 0.3) is 0 Å². The van der Waals surface area contributed by atoms with Gasteiger partial charge >= 0.3 is 5.97 Å². The molecule has 6 nitrogen and oxygen atoms in total. The van der Waals surface area contributed by atoms with Crippen LogP contribution in [0.15, 0.2) is 60.8 Å². The Morgan fingerprint density at radius 2 is 1.74 bits per heavy atom. The van der Waals surface area contributed by atoms with Crippen molar-refractivity contribution in [3.05, 3.63) is 93.2 Å². The third-order valence-corrected chi connectivity index (χ3v) is 6.42. The molecule has 4 rings (SSSR count). The van der Waals surface area contributed by atoms with Gasteiger partial charge < -0.3 is 14.6 Å². The molecule has 0 amide bonds. The van der Waals surface area contributed by atoms with Gasteiger partial charge in [0, 0.05) is 17.3 Å². The van der Waals surface area contributed by atoms with Gasteiger partial charge in [0.15, 0.2) is 0 Å². The fraction of sp³-hybridized carbons (Fsp3) is 0.148. The number of hydrogen-bond acceptors (Lipinski definition) is 5. The second-order valence-corrected chi connectivity index (χ2v) is 8.69. The number of nitrogens with zero attached hydrogens (tertiary/aromatic N) is 2. The van der Waals surface area contributed by atoms with Gasteiger partial charge in [-0.2, -0.15) is 0 Å². The second-order valence-electron chi connectivity index (χ2n) is 7.91. The summed E-state index contributed by atoms with van der Waals surface area (Å²) in [6.07, 6.45) is 1.73. The first kappa shape index (κ1) is 24.5. The molecule has 0 aliphatic carbocycles. The van der Waals surface area contributed by atoms with Crippen LogP contribution in [0.3, 0.4) is 0 Å². The first-order valence-electron chi connectivity index (χ1n) is 10.7. The molecular weight excluding hydrogens is 487 g/mol. The van der Waals surface area contributed by atoms with Crippen LogP contribution in [0.2, 0.25) is 10.0 Å². The number of carboxylic acid groups (broad SMARTS) is 1. The van der Waals surface area contributed by atoms with E-state index < -0.39 is 5.97 Å². The molecule has 0 aliphatic heterocycles. The number of methoxy groups -OCH3 is 1. The second kappa shape index (κ2) is 10.3. The molecule has 0 atom stereocenters. The van der Waals surface area contributed by atoms with E-state index in [0.29, 0.717) is 38.3 Å². The smallest absolute Gasteiger partial charge is 0.354 e. The average Bonchev–Trinajstić information content (AvgIpc) is 2.87. The van der Waals surface area contributed by atoms with E-state index >= 15 is 0 Å². The van der Waals surface area contributed by atoms with Crippen LogP contribution in [0.5, 0.6) is 11.5 Å². The van der Waals surface area contributed by atoms with Crippen molar-refractivity contribution in [3.63, 3.8) is 0 Å². The van der Waals surface area contributed by atoms with Crippen molar-refractivity contribution in [1.29, 1.82) is 0 Å². The molecule has 178 valence electrons. The lowest BCUT2D eigenvalue weighted by Crippen LogP contribution is -2.04. The quantitative estimate of drug-likeness (QED) is 0.288. The maximum atomic E-state index is 11.7. The topological polar surface area (TPSA) is 81.5 Å². The number of aromatic nitrogens is 2. The van der Waals surface area contributed by atoms with E-state index in [-0.39, 0.29) is 12.3 Å². The molecule has 0 aliphatic rings. The van der Waals surface area contributed by atoms with E-state index in [9.17, 15) is 9.90 Å². The monoisotopic (exact) mass is 508 g/mol. The molecule has 0 fully saturated rings. The molecule has 2 aromatic carbocycles. The zero-order valence-electron chi connectivity index (χ0n) is 19.3. The molecule has 0 spiro atoms. The number of aryl methyl sites for hydroxylation is 1. The van der Waals surface area contributed by atoms with Crippen molar-refractivity contribution in [3.8, 4) is 34.0 Å². The normalized spacial score (nSPS) is 10.8. The Labute approximate surface area is 213 Å². The van der Waals surface area contributed by atoms with Crippen molar-refractivity contribution in [2.45, 2.75) is 20.5 Å². The van der Waals surface area contributed by atoms with Crippen LogP contribution in [-0.4, -0.2) is 28.2 Å². The molecule has 0 saturated carbocycles. The summed E-state index contributed by atoms with van der Waals surface area (Å²) in [6.45, 7) is 4.12. The first-order chi connectivity index (χ1) is 16.8. The highest BCUT2D eigenvalue weighted by atomic mass is 35.5. The molecule has 8 heteroatoms. The standard InChI is InChI=1S/C27H22Cl2N2O4/c1-15-13-30-26(24(29)16(15)2)20-9-11-22(27(32)33)31-25(20)18-6-10-21(28)23(12-18)35-14-17-4-7-19(34-3)8-5-17/h4-13H,14H2,1-3H3,(H,32,33). The zero-order chi connectivity index (χ0) is 25.1. The number of rotatable bonds is 7. The Balaban J connectivity index is 1.76. The van der Waals surface area contributed by atoms with Crippen LogP contribution >= 0.6 is 23.2 Å². The van der Waals surface area contributed by atoms with Gasteiger partial charge in [-0.1, -0.05) is 41.4 Å². The van der Waals surface area contributed by atoms with Crippen LogP contribution in [0.25, 0.3) is 22.5 Å². The van der Waals surface area contributed by atoms with Gasteiger partial charge in [0.1, 0.15) is 23.8 Å². The minimum Gasteiger partial charge on any atom is -0.497 e. The molecule has 4 aromatic rings. The Morgan fingerprint density at radius 1 is 1.00 bits per heavy atom. The number of carbonyl (C=O) groups is 1.